The van der Waals surface area contributed by atoms with E-state index >= 15 is 0 Å². The molecule has 2 N–H and O–H groups in total. The minimum Gasteiger partial charge on any atom is -0.385 e. The molecule has 5 nitrogen and oxygen atoms in total. The largest absolute Gasteiger partial charge is 0.385 e. The molecule has 0 aliphatic carbocycles. The Kier molecular flexibility index (Phi) is 7.94. The Balaban J connectivity index is 2.97. The van der Waals surface area contributed by atoms with Crippen LogP contribution in [0.15, 0.2) is 17.0 Å². The van der Waals surface area contributed by atoms with Crippen LogP contribution in [0.5, 0.6) is 0 Å². The molecule has 21 heavy (non-hydrogen) atoms. The minimum atomic E-state index is -3.69. The van der Waals surface area contributed by atoms with Crippen LogP contribution >= 0.6 is 23.2 Å². The van der Waals surface area contributed by atoms with Crippen molar-refractivity contribution in [1.29, 1.82) is 0 Å². The van der Waals surface area contributed by atoms with Crippen LogP contribution in [0.4, 0.5) is 0 Å². The van der Waals surface area contributed by atoms with Crippen molar-refractivity contribution in [2.75, 3.05) is 26.8 Å². The number of hydrogen-bond donors (Lipinski definition) is 2. The lowest BCUT2D eigenvalue weighted by Gasteiger charge is -2.12. The van der Waals surface area contributed by atoms with Gasteiger partial charge in [-0.25, -0.2) is 13.1 Å². The minimum absolute atomic E-state index is 0.00184. The second-order valence-electron chi connectivity index (χ2n) is 4.40. The van der Waals surface area contributed by atoms with E-state index in [1.54, 1.807) is 13.2 Å². The van der Waals surface area contributed by atoms with Crippen molar-refractivity contribution in [3.05, 3.63) is 27.7 Å². The van der Waals surface area contributed by atoms with Crippen LogP contribution in [-0.2, 0) is 21.3 Å². The predicted molar refractivity (Wildman–Crippen MR) is 85.5 cm³/mol. The maximum atomic E-state index is 12.3. The fourth-order valence-corrected chi connectivity index (χ4v) is 3.71. The number of hydrogen-bond acceptors (Lipinski definition) is 4. The average molecular weight is 355 g/mol. The zero-order valence-electron chi connectivity index (χ0n) is 12.1. The van der Waals surface area contributed by atoms with E-state index in [2.05, 4.69) is 10.0 Å². The molecule has 0 aliphatic heterocycles. The molecule has 0 heterocycles. The van der Waals surface area contributed by atoms with Gasteiger partial charge in [0.05, 0.1) is 5.02 Å². The third kappa shape index (κ3) is 5.73. The van der Waals surface area contributed by atoms with Gasteiger partial charge in [0.25, 0.3) is 0 Å². The number of halogens is 2. The van der Waals surface area contributed by atoms with E-state index in [1.165, 1.54) is 6.07 Å². The van der Waals surface area contributed by atoms with Crippen LogP contribution in [0.3, 0.4) is 0 Å². The first kappa shape index (κ1) is 18.7. The molecule has 0 aromatic heterocycles. The highest BCUT2D eigenvalue weighted by atomic mass is 35.5. The van der Waals surface area contributed by atoms with E-state index in [0.29, 0.717) is 30.2 Å². The fraction of sp³-hybridized carbons (Fsp3) is 0.538. The molecular formula is C13H20Cl2N2O3S. The summed E-state index contributed by atoms with van der Waals surface area (Å²) in [7, 11) is -2.13. The third-order valence-corrected chi connectivity index (χ3v) is 5.01. The molecule has 120 valence electrons. The highest BCUT2D eigenvalue weighted by Crippen LogP contribution is 2.29. The summed E-state index contributed by atoms with van der Waals surface area (Å²) < 4.78 is 31.9. The molecule has 0 spiro atoms. The SMILES string of the molecule is CCNCc1cc(Cl)cc(S(=O)(=O)NCCCOC)c1Cl. The molecular weight excluding hydrogens is 335 g/mol. The van der Waals surface area contributed by atoms with E-state index < -0.39 is 10.0 Å². The smallest absolute Gasteiger partial charge is 0.242 e. The van der Waals surface area contributed by atoms with Crippen LogP contribution in [0, 0.1) is 0 Å². The second kappa shape index (κ2) is 8.92. The highest BCUT2D eigenvalue weighted by molar-refractivity contribution is 7.89. The van der Waals surface area contributed by atoms with Gasteiger partial charge in [0, 0.05) is 31.8 Å². The number of sulfonamides is 1. The van der Waals surface area contributed by atoms with E-state index in [0.717, 1.165) is 6.54 Å². The summed E-state index contributed by atoms with van der Waals surface area (Å²) in [4.78, 5) is 0.00184. The van der Waals surface area contributed by atoms with Gasteiger partial charge in [-0.3, -0.25) is 0 Å². The average Bonchev–Trinajstić information content (AvgIpc) is 2.44. The lowest BCUT2D eigenvalue weighted by atomic mass is 10.2. The number of rotatable bonds is 9. The molecule has 0 saturated carbocycles. The molecule has 0 amide bonds. The van der Waals surface area contributed by atoms with Crippen LogP contribution in [0.2, 0.25) is 10.0 Å². The number of nitrogens with one attached hydrogen (secondary N) is 2. The predicted octanol–water partition coefficient (Wildman–Crippen LogP) is 2.42. The molecule has 0 aliphatic rings. The summed E-state index contributed by atoms with van der Waals surface area (Å²) in [6, 6.07) is 3.02. The third-order valence-electron chi connectivity index (χ3n) is 2.75. The lowest BCUT2D eigenvalue weighted by molar-refractivity contribution is 0.196. The van der Waals surface area contributed by atoms with Crippen molar-refractivity contribution in [2.24, 2.45) is 0 Å². The van der Waals surface area contributed by atoms with Crippen molar-refractivity contribution >= 4 is 33.2 Å². The molecule has 0 radical (unpaired) electrons. The van der Waals surface area contributed by atoms with E-state index in [1.807, 2.05) is 6.92 Å². The van der Waals surface area contributed by atoms with Crippen LogP contribution < -0.4 is 10.0 Å². The Bertz CT molecular complexity index is 565. The summed E-state index contributed by atoms with van der Waals surface area (Å²) in [5.41, 5.74) is 0.656. The Morgan fingerprint density at radius 2 is 2.00 bits per heavy atom. The van der Waals surface area contributed by atoms with Gasteiger partial charge >= 0.3 is 0 Å². The van der Waals surface area contributed by atoms with E-state index in [4.69, 9.17) is 27.9 Å². The van der Waals surface area contributed by atoms with Crippen molar-refractivity contribution in [2.45, 2.75) is 24.8 Å². The Hall–Kier alpha value is -0.370. The van der Waals surface area contributed by atoms with Gasteiger partial charge in [0.2, 0.25) is 10.0 Å². The Morgan fingerprint density at radius 1 is 1.29 bits per heavy atom. The van der Waals surface area contributed by atoms with Gasteiger partial charge in [-0.2, -0.15) is 0 Å². The molecule has 8 heteroatoms. The monoisotopic (exact) mass is 354 g/mol. The van der Waals surface area contributed by atoms with Crippen LogP contribution in [-0.4, -0.2) is 35.2 Å². The maximum Gasteiger partial charge on any atom is 0.242 e. The van der Waals surface area contributed by atoms with Gasteiger partial charge in [-0.15, -0.1) is 0 Å². The molecule has 0 atom stereocenters. The van der Waals surface area contributed by atoms with E-state index in [9.17, 15) is 8.42 Å². The first-order valence-corrected chi connectivity index (χ1v) is 8.83. The summed E-state index contributed by atoms with van der Waals surface area (Å²) in [5.74, 6) is 0. The topological polar surface area (TPSA) is 67.4 Å². The van der Waals surface area contributed by atoms with Crippen molar-refractivity contribution in [3.63, 3.8) is 0 Å². The van der Waals surface area contributed by atoms with Gasteiger partial charge < -0.3 is 10.1 Å². The number of benzene rings is 1. The van der Waals surface area contributed by atoms with Crippen LogP contribution in [0.1, 0.15) is 18.9 Å². The molecule has 1 aromatic carbocycles. The summed E-state index contributed by atoms with van der Waals surface area (Å²) >= 11 is 12.2. The number of ether oxygens (including phenoxy) is 1. The van der Waals surface area contributed by atoms with Crippen molar-refractivity contribution in [3.8, 4) is 0 Å². The zero-order valence-corrected chi connectivity index (χ0v) is 14.4. The molecule has 1 aromatic rings. The van der Waals surface area contributed by atoms with E-state index in [-0.39, 0.29) is 16.5 Å². The molecule has 0 fully saturated rings. The Labute approximate surface area is 136 Å². The normalized spacial score (nSPS) is 11.8. The van der Waals surface area contributed by atoms with Crippen molar-refractivity contribution in [1.82, 2.24) is 10.0 Å². The molecule has 1 rings (SSSR count). The zero-order chi connectivity index (χ0) is 15.9. The molecule has 0 saturated heterocycles. The quantitative estimate of drug-likeness (QED) is 0.668. The summed E-state index contributed by atoms with van der Waals surface area (Å²) in [6.45, 7) is 3.93. The van der Waals surface area contributed by atoms with Gasteiger partial charge in [0.1, 0.15) is 4.90 Å². The molecule has 0 bridgehead atoms. The number of methoxy groups -OCH3 is 1. The van der Waals surface area contributed by atoms with Crippen molar-refractivity contribution < 1.29 is 13.2 Å². The van der Waals surface area contributed by atoms with Gasteiger partial charge in [-0.05, 0) is 30.7 Å². The van der Waals surface area contributed by atoms with Gasteiger partial charge in [0.15, 0.2) is 0 Å². The lowest BCUT2D eigenvalue weighted by Crippen LogP contribution is -2.26. The van der Waals surface area contributed by atoms with Crippen LogP contribution in [0.25, 0.3) is 0 Å². The summed E-state index contributed by atoms with van der Waals surface area (Å²) in [6.07, 6.45) is 0.582. The standard InChI is InChI=1S/C13H20Cl2N2O3S/c1-3-16-9-10-7-11(14)8-12(13(10)15)21(18,19)17-5-4-6-20-2/h7-8,16-17H,3-6,9H2,1-2H3. The molecule has 0 unspecified atom stereocenters. The first-order chi connectivity index (χ1) is 9.92. The Morgan fingerprint density at radius 3 is 2.62 bits per heavy atom. The highest BCUT2D eigenvalue weighted by Gasteiger charge is 2.20. The second-order valence-corrected chi connectivity index (χ2v) is 6.95. The van der Waals surface area contributed by atoms with Gasteiger partial charge in [-0.1, -0.05) is 30.1 Å². The summed E-state index contributed by atoms with van der Waals surface area (Å²) in [5, 5.41) is 3.63. The first-order valence-electron chi connectivity index (χ1n) is 6.59. The maximum absolute atomic E-state index is 12.3. The fourth-order valence-electron chi connectivity index (χ4n) is 1.70.